The summed E-state index contributed by atoms with van der Waals surface area (Å²) in [6.45, 7) is 11.9. The lowest BCUT2D eigenvalue weighted by molar-refractivity contribution is 0.385. The summed E-state index contributed by atoms with van der Waals surface area (Å²) in [7, 11) is -3.46. The molecule has 2 atom stereocenters. The lowest BCUT2D eigenvalue weighted by atomic mass is 9.99. The second-order valence-electron chi connectivity index (χ2n) is 5.02. The standard InChI is InChI=1S/C15H19NO2S/c1-5-15-12(3)10-16(13(15)4)19(17,18)14-8-6-11(2)7-9-14/h5-9,13,15H,1,3,10H2,2,4H3/t13-,15-/m1/s1. The van der Waals surface area contributed by atoms with E-state index in [2.05, 4.69) is 13.2 Å². The van der Waals surface area contributed by atoms with E-state index in [1.165, 1.54) is 4.31 Å². The summed E-state index contributed by atoms with van der Waals surface area (Å²) in [5.74, 6) is 0.0280. The highest BCUT2D eigenvalue weighted by Crippen LogP contribution is 2.33. The van der Waals surface area contributed by atoms with Gasteiger partial charge in [0.15, 0.2) is 0 Å². The van der Waals surface area contributed by atoms with Gasteiger partial charge in [0.2, 0.25) is 10.0 Å². The third kappa shape index (κ3) is 2.38. The van der Waals surface area contributed by atoms with Crippen molar-refractivity contribution >= 4 is 10.0 Å². The number of hydrogen-bond donors (Lipinski definition) is 0. The Balaban J connectivity index is 2.38. The first-order valence-corrected chi connectivity index (χ1v) is 7.70. The zero-order valence-electron chi connectivity index (χ0n) is 11.3. The fourth-order valence-electron chi connectivity index (χ4n) is 2.48. The van der Waals surface area contributed by atoms with Crippen LogP contribution in [0.2, 0.25) is 0 Å². The molecule has 1 saturated heterocycles. The van der Waals surface area contributed by atoms with Gasteiger partial charge in [-0.25, -0.2) is 8.42 Å². The molecule has 1 aromatic rings. The van der Waals surface area contributed by atoms with Crippen molar-refractivity contribution in [1.82, 2.24) is 4.31 Å². The summed E-state index contributed by atoms with van der Waals surface area (Å²) < 4.78 is 26.7. The van der Waals surface area contributed by atoms with Crippen LogP contribution < -0.4 is 0 Å². The number of hydrogen-bond acceptors (Lipinski definition) is 2. The van der Waals surface area contributed by atoms with Crippen LogP contribution in [-0.2, 0) is 10.0 Å². The first-order valence-electron chi connectivity index (χ1n) is 6.26. The van der Waals surface area contributed by atoms with Gasteiger partial charge in [-0.3, -0.25) is 0 Å². The number of rotatable bonds is 3. The molecule has 0 bridgehead atoms. The summed E-state index contributed by atoms with van der Waals surface area (Å²) in [6.07, 6.45) is 1.78. The molecule has 1 aromatic carbocycles. The van der Waals surface area contributed by atoms with Crippen molar-refractivity contribution in [3.05, 3.63) is 54.6 Å². The molecule has 3 nitrogen and oxygen atoms in total. The van der Waals surface area contributed by atoms with Gasteiger partial charge in [0, 0.05) is 18.5 Å². The Kier molecular flexibility index (Phi) is 3.65. The van der Waals surface area contributed by atoms with Crippen LogP contribution in [0, 0.1) is 12.8 Å². The monoisotopic (exact) mass is 277 g/mol. The van der Waals surface area contributed by atoms with Crippen molar-refractivity contribution in [2.24, 2.45) is 5.92 Å². The molecular weight excluding hydrogens is 258 g/mol. The Morgan fingerprint density at radius 3 is 2.37 bits per heavy atom. The molecule has 0 aliphatic carbocycles. The van der Waals surface area contributed by atoms with Crippen LogP contribution in [0.4, 0.5) is 0 Å². The SMILES string of the molecule is C=C[C@@H]1C(=C)CN(S(=O)(=O)c2ccc(C)cc2)[C@@H]1C. The van der Waals surface area contributed by atoms with Gasteiger partial charge in [0.25, 0.3) is 0 Å². The molecule has 1 fully saturated rings. The summed E-state index contributed by atoms with van der Waals surface area (Å²) in [5.41, 5.74) is 1.94. The highest BCUT2D eigenvalue weighted by atomic mass is 32.2. The normalized spacial score (nSPS) is 24.6. The maximum absolute atomic E-state index is 12.6. The van der Waals surface area contributed by atoms with Gasteiger partial charge >= 0.3 is 0 Å². The minimum atomic E-state index is -3.46. The zero-order chi connectivity index (χ0) is 14.2. The lowest BCUT2D eigenvalue weighted by Crippen LogP contribution is -2.35. The van der Waals surface area contributed by atoms with Gasteiger partial charge in [-0.15, -0.1) is 6.58 Å². The maximum atomic E-state index is 12.6. The average Bonchev–Trinajstić information content (AvgIpc) is 2.65. The van der Waals surface area contributed by atoms with Gasteiger partial charge in [0.05, 0.1) is 4.90 Å². The summed E-state index contributed by atoms with van der Waals surface area (Å²) >= 11 is 0. The molecule has 1 heterocycles. The predicted octanol–water partition coefficient (Wildman–Crippen LogP) is 2.75. The zero-order valence-corrected chi connectivity index (χ0v) is 12.2. The van der Waals surface area contributed by atoms with Gasteiger partial charge < -0.3 is 0 Å². The lowest BCUT2D eigenvalue weighted by Gasteiger charge is -2.22. The number of sulfonamides is 1. The Morgan fingerprint density at radius 1 is 1.32 bits per heavy atom. The Labute approximate surface area is 115 Å². The summed E-state index contributed by atoms with van der Waals surface area (Å²) in [4.78, 5) is 0.336. The Hall–Kier alpha value is -1.39. The molecule has 0 saturated carbocycles. The number of nitrogens with zero attached hydrogens (tertiary/aromatic N) is 1. The van der Waals surface area contributed by atoms with E-state index in [-0.39, 0.29) is 12.0 Å². The largest absolute Gasteiger partial charge is 0.243 e. The van der Waals surface area contributed by atoms with E-state index in [0.29, 0.717) is 11.4 Å². The van der Waals surface area contributed by atoms with E-state index in [4.69, 9.17) is 0 Å². The van der Waals surface area contributed by atoms with E-state index in [1.807, 2.05) is 26.0 Å². The van der Waals surface area contributed by atoms with E-state index in [1.54, 1.807) is 18.2 Å². The van der Waals surface area contributed by atoms with Gasteiger partial charge in [-0.05, 0) is 26.0 Å². The first-order chi connectivity index (χ1) is 8.87. The molecule has 102 valence electrons. The molecule has 1 aliphatic rings. The van der Waals surface area contributed by atoms with Crippen molar-refractivity contribution in [1.29, 1.82) is 0 Å². The fraction of sp³-hybridized carbons (Fsp3) is 0.333. The summed E-state index contributed by atoms with van der Waals surface area (Å²) in [5, 5.41) is 0. The second kappa shape index (κ2) is 4.94. The molecule has 0 unspecified atom stereocenters. The molecular formula is C15H19NO2S. The van der Waals surface area contributed by atoms with Crippen LogP contribution >= 0.6 is 0 Å². The Bertz CT molecular complexity index is 602. The smallest absolute Gasteiger partial charge is 0.207 e. The maximum Gasteiger partial charge on any atom is 0.243 e. The van der Waals surface area contributed by atoms with Gasteiger partial charge in [0.1, 0.15) is 0 Å². The topological polar surface area (TPSA) is 37.4 Å². The molecule has 0 amide bonds. The molecule has 0 radical (unpaired) electrons. The van der Waals surface area contributed by atoms with Crippen molar-refractivity contribution in [2.75, 3.05) is 6.54 Å². The third-order valence-electron chi connectivity index (χ3n) is 3.69. The van der Waals surface area contributed by atoms with Crippen molar-refractivity contribution < 1.29 is 8.42 Å². The third-order valence-corrected chi connectivity index (χ3v) is 5.63. The minimum absolute atomic E-state index is 0.0280. The molecule has 4 heteroatoms. The average molecular weight is 277 g/mol. The number of aryl methyl sites for hydroxylation is 1. The highest BCUT2D eigenvalue weighted by molar-refractivity contribution is 7.89. The van der Waals surface area contributed by atoms with Crippen LogP contribution in [0.3, 0.4) is 0 Å². The van der Waals surface area contributed by atoms with Crippen LogP contribution in [-0.4, -0.2) is 25.3 Å². The molecule has 0 spiro atoms. The highest BCUT2D eigenvalue weighted by Gasteiger charge is 2.39. The number of benzene rings is 1. The molecule has 2 rings (SSSR count). The van der Waals surface area contributed by atoms with Crippen LogP contribution in [0.25, 0.3) is 0 Å². The van der Waals surface area contributed by atoms with Crippen LogP contribution in [0.15, 0.2) is 54.0 Å². The van der Waals surface area contributed by atoms with Gasteiger partial charge in [-0.2, -0.15) is 4.31 Å². The molecule has 0 N–H and O–H groups in total. The van der Waals surface area contributed by atoms with Gasteiger partial charge in [-0.1, -0.05) is 35.9 Å². The minimum Gasteiger partial charge on any atom is -0.207 e. The quantitative estimate of drug-likeness (QED) is 0.797. The Morgan fingerprint density at radius 2 is 1.89 bits per heavy atom. The molecule has 1 aliphatic heterocycles. The first kappa shape index (κ1) is 14.0. The fourth-order valence-corrected chi connectivity index (χ4v) is 4.14. The van der Waals surface area contributed by atoms with Crippen molar-refractivity contribution in [3.63, 3.8) is 0 Å². The summed E-state index contributed by atoms with van der Waals surface area (Å²) in [6, 6.07) is 6.81. The van der Waals surface area contributed by atoms with E-state index < -0.39 is 10.0 Å². The van der Waals surface area contributed by atoms with E-state index >= 15 is 0 Å². The molecule has 19 heavy (non-hydrogen) atoms. The van der Waals surface area contributed by atoms with Crippen molar-refractivity contribution in [3.8, 4) is 0 Å². The molecule has 0 aromatic heterocycles. The second-order valence-corrected chi connectivity index (χ2v) is 6.91. The van der Waals surface area contributed by atoms with E-state index in [0.717, 1.165) is 11.1 Å². The predicted molar refractivity (Wildman–Crippen MR) is 77.4 cm³/mol. The van der Waals surface area contributed by atoms with E-state index in [9.17, 15) is 8.42 Å². The van der Waals surface area contributed by atoms with Crippen molar-refractivity contribution in [2.45, 2.75) is 24.8 Å². The van der Waals surface area contributed by atoms with Crippen LogP contribution in [0.1, 0.15) is 12.5 Å². The van der Waals surface area contributed by atoms with Crippen LogP contribution in [0.5, 0.6) is 0 Å².